The van der Waals surface area contributed by atoms with Crippen LogP contribution in [0.2, 0.25) is 0 Å². The maximum Gasteiger partial charge on any atom is 0.166 e. The normalized spacial score (nSPS) is 12.7. The largest absolute Gasteiger partial charge is 0.321 e. The van der Waals surface area contributed by atoms with Crippen LogP contribution in [0.1, 0.15) is 24.4 Å². The molecule has 0 aliphatic carbocycles. The summed E-state index contributed by atoms with van der Waals surface area (Å²) in [5.41, 5.74) is 7.92. The predicted octanol–water partition coefficient (Wildman–Crippen LogP) is 1.89. The van der Waals surface area contributed by atoms with Crippen molar-refractivity contribution >= 4 is 10.9 Å². The molecule has 5 heteroatoms. The number of hydrogen-bond acceptors (Lipinski definition) is 4. The van der Waals surface area contributed by atoms with Crippen LogP contribution in [0.25, 0.3) is 10.9 Å². The summed E-state index contributed by atoms with van der Waals surface area (Å²) in [6, 6.07) is 10.1. The van der Waals surface area contributed by atoms with Gasteiger partial charge in [0.15, 0.2) is 5.82 Å². The Morgan fingerprint density at radius 2 is 2.16 bits per heavy atom. The second-order valence-corrected chi connectivity index (χ2v) is 4.62. The summed E-state index contributed by atoms with van der Waals surface area (Å²) in [5.74, 6) is 0.669. The Bertz CT molecular complexity index is 702. The fourth-order valence-electron chi connectivity index (χ4n) is 2.00. The number of aromatic nitrogens is 4. The van der Waals surface area contributed by atoms with E-state index in [-0.39, 0.29) is 6.04 Å². The number of nitrogens with two attached hydrogens (primary N) is 1. The van der Waals surface area contributed by atoms with E-state index in [4.69, 9.17) is 5.73 Å². The van der Waals surface area contributed by atoms with E-state index >= 15 is 0 Å². The Morgan fingerprint density at radius 3 is 2.95 bits per heavy atom. The van der Waals surface area contributed by atoms with Crippen LogP contribution in [0.15, 0.2) is 42.9 Å². The second-order valence-electron chi connectivity index (χ2n) is 4.62. The molecule has 0 radical (unpaired) electrons. The average molecular weight is 253 g/mol. The predicted molar refractivity (Wildman–Crippen MR) is 73.5 cm³/mol. The third-order valence-electron chi connectivity index (χ3n) is 2.97. The number of pyridine rings is 1. The molecule has 2 N–H and O–H groups in total. The Kier molecular flexibility index (Phi) is 2.97. The lowest BCUT2D eigenvalue weighted by atomic mass is 10.1. The smallest absolute Gasteiger partial charge is 0.166 e. The summed E-state index contributed by atoms with van der Waals surface area (Å²) in [5, 5.41) is 5.48. The molecule has 1 unspecified atom stereocenters. The summed E-state index contributed by atoms with van der Waals surface area (Å²) in [6.07, 6.45) is 3.51. The summed E-state index contributed by atoms with van der Waals surface area (Å²) in [4.78, 5) is 8.49. The van der Waals surface area contributed by atoms with Crippen LogP contribution in [-0.2, 0) is 6.54 Å². The number of rotatable bonds is 3. The van der Waals surface area contributed by atoms with Crippen LogP contribution < -0.4 is 5.73 Å². The van der Waals surface area contributed by atoms with Crippen molar-refractivity contribution in [1.82, 2.24) is 19.7 Å². The molecule has 2 aromatic heterocycles. The Labute approximate surface area is 111 Å². The van der Waals surface area contributed by atoms with Crippen LogP contribution in [-0.4, -0.2) is 19.7 Å². The highest BCUT2D eigenvalue weighted by atomic mass is 15.3. The van der Waals surface area contributed by atoms with Gasteiger partial charge in [-0.2, -0.15) is 5.10 Å². The van der Waals surface area contributed by atoms with Gasteiger partial charge in [-0.25, -0.2) is 9.67 Å². The Morgan fingerprint density at radius 1 is 1.26 bits per heavy atom. The second kappa shape index (κ2) is 4.78. The van der Waals surface area contributed by atoms with Gasteiger partial charge in [0.25, 0.3) is 0 Å². The van der Waals surface area contributed by atoms with E-state index < -0.39 is 0 Å². The third kappa shape index (κ3) is 2.46. The number of nitrogens with zero attached hydrogens (tertiary/aromatic N) is 4. The highest BCUT2D eigenvalue weighted by Crippen LogP contribution is 2.14. The van der Waals surface area contributed by atoms with Crippen LogP contribution in [0.3, 0.4) is 0 Å². The molecule has 0 aliphatic heterocycles. The quantitative estimate of drug-likeness (QED) is 0.774. The standard InChI is InChI=1S/C14H15N5/c1-10(15)14-17-9-19(18-14)8-11-4-5-13-12(7-11)3-2-6-16-13/h2-7,9-10H,8,15H2,1H3. The fraction of sp³-hybridized carbons (Fsp3) is 0.214. The first kappa shape index (κ1) is 11.8. The molecule has 96 valence electrons. The summed E-state index contributed by atoms with van der Waals surface area (Å²) >= 11 is 0. The first-order valence-corrected chi connectivity index (χ1v) is 6.21. The zero-order valence-corrected chi connectivity index (χ0v) is 10.7. The van der Waals surface area contributed by atoms with Crippen molar-refractivity contribution < 1.29 is 0 Å². The van der Waals surface area contributed by atoms with Gasteiger partial charge in [-0.1, -0.05) is 12.1 Å². The monoisotopic (exact) mass is 253 g/mol. The van der Waals surface area contributed by atoms with E-state index in [0.29, 0.717) is 12.4 Å². The van der Waals surface area contributed by atoms with Gasteiger partial charge >= 0.3 is 0 Å². The van der Waals surface area contributed by atoms with Gasteiger partial charge in [0.05, 0.1) is 18.1 Å². The zero-order chi connectivity index (χ0) is 13.2. The lowest BCUT2D eigenvalue weighted by molar-refractivity contribution is 0.650. The molecule has 0 amide bonds. The summed E-state index contributed by atoms with van der Waals surface area (Å²) in [7, 11) is 0. The first-order valence-electron chi connectivity index (χ1n) is 6.21. The minimum Gasteiger partial charge on any atom is -0.321 e. The lowest BCUT2D eigenvalue weighted by Crippen LogP contribution is -2.08. The van der Waals surface area contributed by atoms with Crippen LogP contribution >= 0.6 is 0 Å². The Balaban J connectivity index is 1.87. The molecule has 3 aromatic rings. The molecule has 0 fully saturated rings. The van der Waals surface area contributed by atoms with Crippen LogP contribution in [0.4, 0.5) is 0 Å². The van der Waals surface area contributed by atoms with Gasteiger partial charge in [0.2, 0.25) is 0 Å². The van der Waals surface area contributed by atoms with E-state index in [1.807, 2.05) is 19.1 Å². The number of benzene rings is 1. The Hall–Kier alpha value is -2.27. The van der Waals surface area contributed by atoms with Crippen molar-refractivity contribution in [3.05, 3.63) is 54.2 Å². The number of fused-ring (bicyclic) bond motifs is 1. The van der Waals surface area contributed by atoms with E-state index in [9.17, 15) is 0 Å². The van der Waals surface area contributed by atoms with Crippen molar-refractivity contribution in [3.63, 3.8) is 0 Å². The van der Waals surface area contributed by atoms with Gasteiger partial charge in [-0.15, -0.1) is 0 Å². The van der Waals surface area contributed by atoms with Crippen molar-refractivity contribution in [2.24, 2.45) is 5.73 Å². The van der Waals surface area contributed by atoms with Crippen LogP contribution in [0.5, 0.6) is 0 Å². The topological polar surface area (TPSA) is 69.6 Å². The van der Waals surface area contributed by atoms with Crippen LogP contribution in [0, 0.1) is 0 Å². The molecule has 19 heavy (non-hydrogen) atoms. The molecular formula is C14H15N5. The average Bonchev–Trinajstić information content (AvgIpc) is 2.87. The van der Waals surface area contributed by atoms with Crippen molar-refractivity contribution in [2.45, 2.75) is 19.5 Å². The highest BCUT2D eigenvalue weighted by molar-refractivity contribution is 5.78. The van der Waals surface area contributed by atoms with E-state index in [1.54, 1.807) is 17.2 Å². The van der Waals surface area contributed by atoms with Crippen molar-refractivity contribution in [1.29, 1.82) is 0 Å². The van der Waals surface area contributed by atoms with Gasteiger partial charge < -0.3 is 5.73 Å². The third-order valence-corrected chi connectivity index (χ3v) is 2.97. The molecule has 0 aliphatic rings. The van der Waals surface area contributed by atoms with Gasteiger partial charge in [0, 0.05) is 11.6 Å². The molecule has 1 aromatic carbocycles. The maximum absolute atomic E-state index is 5.75. The zero-order valence-electron chi connectivity index (χ0n) is 10.7. The molecular weight excluding hydrogens is 238 g/mol. The fourth-order valence-corrected chi connectivity index (χ4v) is 2.00. The lowest BCUT2D eigenvalue weighted by Gasteiger charge is -2.03. The minimum absolute atomic E-state index is 0.137. The molecule has 3 rings (SSSR count). The van der Waals surface area contributed by atoms with E-state index in [2.05, 4.69) is 33.3 Å². The van der Waals surface area contributed by atoms with E-state index in [0.717, 1.165) is 10.9 Å². The summed E-state index contributed by atoms with van der Waals surface area (Å²) in [6.45, 7) is 2.56. The molecule has 0 saturated carbocycles. The van der Waals surface area contributed by atoms with Gasteiger partial charge in [-0.3, -0.25) is 4.98 Å². The van der Waals surface area contributed by atoms with Gasteiger partial charge in [0.1, 0.15) is 6.33 Å². The molecule has 0 bridgehead atoms. The maximum atomic E-state index is 5.75. The first-order chi connectivity index (χ1) is 9.22. The molecule has 1 atom stereocenters. The minimum atomic E-state index is -0.137. The van der Waals surface area contributed by atoms with Gasteiger partial charge in [-0.05, 0) is 30.7 Å². The van der Waals surface area contributed by atoms with Crippen molar-refractivity contribution in [2.75, 3.05) is 0 Å². The number of hydrogen-bond donors (Lipinski definition) is 1. The highest BCUT2D eigenvalue weighted by Gasteiger charge is 2.06. The molecule has 5 nitrogen and oxygen atoms in total. The molecule has 0 spiro atoms. The summed E-state index contributed by atoms with van der Waals surface area (Å²) < 4.78 is 1.80. The van der Waals surface area contributed by atoms with Crippen molar-refractivity contribution in [3.8, 4) is 0 Å². The van der Waals surface area contributed by atoms with E-state index in [1.165, 1.54) is 5.56 Å². The molecule has 2 heterocycles. The SMILES string of the molecule is CC(N)c1ncn(Cc2ccc3ncccc3c2)n1. The molecule has 0 saturated heterocycles.